The van der Waals surface area contributed by atoms with Crippen LogP contribution in [-0.4, -0.2) is 38.0 Å². The van der Waals surface area contributed by atoms with E-state index in [0.717, 1.165) is 11.9 Å². The Labute approximate surface area is 144 Å². The fraction of sp³-hybridized carbons (Fsp3) is 0.588. The van der Waals surface area contributed by atoms with E-state index in [1.807, 2.05) is 46.8 Å². The van der Waals surface area contributed by atoms with Crippen molar-refractivity contribution in [1.29, 1.82) is 0 Å². The molecule has 24 heavy (non-hydrogen) atoms. The van der Waals surface area contributed by atoms with E-state index >= 15 is 0 Å². The third-order valence-electron chi connectivity index (χ3n) is 4.53. The van der Waals surface area contributed by atoms with E-state index in [2.05, 4.69) is 10.6 Å². The third kappa shape index (κ3) is 3.84. The van der Waals surface area contributed by atoms with Crippen molar-refractivity contribution in [3.63, 3.8) is 0 Å². The van der Waals surface area contributed by atoms with Gasteiger partial charge in [0.15, 0.2) is 0 Å². The predicted octanol–water partition coefficient (Wildman–Crippen LogP) is 2.53. The molecule has 132 valence electrons. The average Bonchev–Trinajstić information content (AvgIpc) is 2.73. The molecule has 1 fully saturated rings. The van der Waals surface area contributed by atoms with Crippen LogP contribution in [0.4, 0.5) is 10.5 Å². The maximum absolute atomic E-state index is 11.8. The lowest BCUT2D eigenvalue weighted by molar-refractivity contribution is 0.00578. The number of anilines is 1. The number of nitrogens with one attached hydrogen (secondary N) is 2. The second-order valence-corrected chi connectivity index (χ2v) is 6.93. The van der Waals surface area contributed by atoms with Gasteiger partial charge in [0.2, 0.25) is 0 Å². The topological polar surface area (TPSA) is 68.8 Å². The van der Waals surface area contributed by atoms with Crippen LogP contribution in [0.1, 0.15) is 41.0 Å². The largest absolute Gasteiger partial charge is 0.495 e. The number of carbonyl (C=O) groups excluding carboxylic acids is 1. The van der Waals surface area contributed by atoms with Gasteiger partial charge < -0.3 is 24.7 Å². The molecule has 6 nitrogen and oxygen atoms in total. The molecule has 2 amide bonds. The molecule has 0 spiro atoms. The highest BCUT2D eigenvalue weighted by molar-refractivity contribution is 6.62. The van der Waals surface area contributed by atoms with Crippen LogP contribution in [0.15, 0.2) is 18.2 Å². The van der Waals surface area contributed by atoms with Crippen molar-refractivity contribution in [2.75, 3.05) is 19.0 Å². The van der Waals surface area contributed by atoms with Crippen molar-refractivity contribution in [1.82, 2.24) is 5.32 Å². The van der Waals surface area contributed by atoms with Crippen molar-refractivity contribution in [2.45, 2.75) is 52.2 Å². The van der Waals surface area contributed by atoms with E-state index < -0.39 is 18.3 Å². The first kappa shape index (κ1) is 18.6. The fourth-order valence-electron chi connectivity index (χ4n) is 2.34. The van der Waals surface area contributed by atoms with Crippen LogP contribution in [0, 0.1) is 0 Å². The van der Waals surface area contributed by atoms with Crippen LogP contribution < -0.4 is 20.8 Å². The Balaban J connectivity index is 2.16. The molecule has 0 bridgehead atoms. The molecule has 2 rings (SSSR count). The van der Waals surface area contributed by atoms with Gasteiger partial charge in [-0.25, -0.2) is 4.79 Å². The molecule has 1 aliphatic heterocycles. The van der Waals surface area contributed by atoms with E-state index in [-0.39, 0.29) is 6.03 Å². The van der Waals surface area contributed by atoms with Gasteiger partial charge in [-0.1, -0.05) is 13.0 Å². The second kappa shape index (κ2) is 7.03. The first-order valence-corrected chi connectivity index (χ1v) is 8.28. The number of rotatable bonds is 5. The lowest BCUT2D eigenvalue weighted by Gasteiger charge is -2.32. The fourth-order valence-corrected chi connectivity index (χ4v) is 2.34. The zero-order chi connectivity index (χ0) is 18.0. The number of urea groups is 1. The highest BCUT2D eigenvalue weighted by atomic mass is 16.7. The molecule has 0 radical (unpaired) electrons. The number of amides is 2. The van der Waals surface area contributed by atoms with Crippen molar-refractivity contribution in [3.8, 4) is 5.75 Å². The van der Waals surface area contributed by atoms with Gasteiger partial charge in [-0.15, -0.1) is 0 Å². The zero-order valence-corrected chi connectivity index (χ0v) is 15.4. The first-order chi connectivity index (χ1) is 11.2. The van der Waals surface area contributed by atoms with Gasteiger partial charge in [-0.3, -0.25) is 0 Å². The van der Waals surface area contributed by atoms with Crippen LogP contribution >= 0.6 is 0 Å². The normalized spacial score (nSPS) is 18.3. The lowest BCUT2D eigenvalue weighted by atomic mass is 9.79. The molecular formula is C17H27BN2O4. The summed E-state index contributed by atoms with van der Waals surface area (Å²) in [6.45, 7) is 10.7. The Morgan fingerprint density at radius 2 is 1.83 bits per heavy atom. The maximum Gasteiger partial charge on any atom is 0.494 e. The van der Waals surface area contributed by atoms with Crippen molar-refractivity contribution >= 4 is 24.3 Å². The summed E-state index contributed by atoms with van der Waals surface area (Å²) in [4.78, 5) is 11.8. The van der Waals surface area contributed by atoms with Crippen LogP contribution in [0.2, 0.25) is 0 Å². The van der Waals surface area contributed by atoms with E-state index in [0.29, 0.717) is 18.0 Å². The molecule has 7 heteroatoms. The van der Waals surface area contributed by atoms with Gasteiger partial charge in [0.05, 0.1) is 24.0 Å². The minimum Gasteiger partial charge on any atom is -0.495 e. The van der Waals surface area contributed by atoms with Crippen LogP contribution in [0.3, 0.4) is 0 Å². The van der Waals surface area contributed by atoms with Crippen molar-refractivity contribution in [3.05, 3.63) is 18.2 Å². The molecule has 0 aliphatic carbocycles. The number of ether oxygens (including phenoxy) is 1. The first-order valence-electron chi connectivity index (χ1n) is 8.28. The molecular weight excluding hydrogens is 307 g/mol. The van der Waals surface area contributed by atoms with E-state index in [1.165, 1.54) is 0 Å². The summed E-state index contributed by atoms with van der Waals surface area (Å²) in [5.41, 5.74) is 0.653. The van der Waals surface area contributed by atoms with Gasteiger partial charge in [0.1, 0.15) is 5.75 Å². The van der Waals surface area contributed by atoms with Crippen molar-refractivity contribution in [2.24, 2.45) is 0 Å². The minimum absolute atomic E-state index is 0.251. The maximum atomic E-state index is 11.8. The smallest absolute Gasteiger partial charge is 0.494 e. The molecule has 1 heterocycles. The molecule has 1 aromatic rings. The van der Waals surface area contributed by atoms with Gasteiger partial charge in [-0.05, 0) is 51.7 Å². The minimum atomic E-state index is -0.466. The molecule has 1 saturated heterocycles. The lowest BCUT2D eigenvalue weighted by Crippen LogP contribution is -2.41. The second-order valence-electron chi connectivity index (χ2n) is 6.93. The van der Waals surface area contributed by atoms with E-state index in [1.54, 1.807) is 13.2 Å². The molecule has 0 unspecified atom stereocenters. The molecule has 1 aliphatic rings. The number of hydrogen-bond acceptors (Lipinski definition) is 4. The quantitative estimate of drug-likeness (QED) is 0.812. The summed E-state index contributed by atoms with van der Waals surface area (Å²) in [7, 11) is 1.10. The van der Waals surface area contributed by atoms with Gasteiger partial charge >= 0.3 is 13.1 Å². The molecule has 0 saturated carbocycles. The highest BCUT2D eigenvalue weighted by Crippen LogP contribution is 2.37. The summed E-state index contributed by atoms with van der Waals surface area (Å²) in [5, 5.41) is 5.56. The Morgan fingerprint density at radius 1 is 1.21 bits per heavy atom. The Morgan fingerprint density at radius 3 is 2.38 bits per heavy atom. The van der Waals surface area contributed by atoms with Gasteiger partial charge in [0.25, 0.3) is 0 Å². The number of benzene rings is 1. The SMILES string of the molecule is CCCNC(=O)Nc1ccc(B2OC(C)(C)C(C)(C)O2)cc1OC. The summed E-state index contributed by atoms with van der Waals surface area (Å²) < 4.78 is 17.5. The van der Waals surface area contributed by atoms with E-state index in [9.17, 15) is 4.79 Å². The van der Waals surface area contributed by atoms with Crippen molar-refractivity contribution < 1.29 is 18.8 Å². The molecule has 1 aromatic carbocycles. The van der Waals surface area contributed by atoms with Crippen LogP contribution in [0.25, 0.3) is 0 Å². The molecule has 2 N–H and O–H groups in total. The number of hydrogen-bond donors (Lipinski definition) is 2. The number of methoxy groups -OCH3 is 1. The number of carbonyl (C=O) groups is 1. The Kier molecular flexibility index (Phi) is 5.45. The third-order valence-corrected chi connectivity index (χ3v) is 4.53. The predicted molar refractivity (Wildman–Crippen MR) is 96.0 cm³/mol. The van der Waals surface area contributed by atoms with Crippen LogP contribution in [0.5, 0.6) is 5.75 Å². The summed E-state index contributed by atoms with van der Waals surface area (Å²) in [6.07, 6.45) is 0.880. The Hall–Kier alpha value is -1.73. The molecule has 0 aromatic heterocycles. The zero-order valence-electron chi connectivity index (χ0n) is 15.4. The Bertz CT molecular complexity index is 588. The summed E-state index contributed by atoms with van der Waals surface area (Å²) in [5.74, 6) is 0.564. The van der Waals surface area contributed by atoms with E-state index in [4.69, 9.17) is 14.0 Å². The van der Waals surface area contributed by atoms with Gasteiger partial charge in [0, 0.05) is 6.54 Å². The standard InChI is InChI=1S/C17H27BN2O4/c1-7-10-19-15(21)20-13-9-8-12(11-14(13)22-6)18-23-16(2,3)17(4,5)24-18/h8-9,11H,7,10H2,1-6H3,(H2,19,20,21). The van der Waals surface area contributed by atoms with Crippen LogP contribution in [-0.2, 0) is 9.31 Å². The summed E-state index contributed by atoms with van der Waals surface area (Å²) in [6, 6.07) is 5.25. The highest BCUT2D eigenvalue weighted by Gasteiger charge is 2.51. The average molecular weight is 334 g/mol. The van der Waals surface area contributed by atoms with Gasteiger partial charge in [-0.2, -0.15) is 0 Å². The monoisotopic (exact) mass is 334 g/mol. The summed E-state index contributed by atoms with van der Waals surface area (Å²) >= 11 is 0. The molecule has 0 atom stereocenters.